The van der Waals surface area contributed by atoms with E-state index in [4.69, 9.17) is 4.74 Å². The number of carbonyl (C=O) groups excluding carboxylic acids is 1. The molecule has 1 N–H and O–H groups in total. The first-order valence-electron chi connectivity index (χ1n) is 13.2. The molecule has 2 rings (SSSR count). The number of benzene rings is 2. The van der Waals surface area contributed by atoms with Crippen LogP contribution in [0, 0.1) is 0 Å². The number of hydrogen-bond acceptors (Lipinski definition) is 3. The van der Waals surface area contributed by atoms with Crippen LogP contribution in [-0.2, 0) is 10.2 Å². The predicted octanol–water partition coefficient (Wildman–Crippen LogP) is 8.46. The van der Waals surface area contributed by atoms with Crippen LogP contribution in [0.1, 0.15) is 104 Å². The fraction of sp³-hybridized carbons (Fsp3) is 0.567. The van der Waals surface area contributed by atoms with Crippen molar-refractivity contribution in [3.8, 4) is 5.75 Å². The molecule has 1 amide bonds. The Morgan fingerprint density at radius 2 is 1.44 bits per heavy atom. The number of carbonyl (C=O) groups is 1. The smallest absolute Gasteiger partial charge is 0.250 e. The van der Waals surface area contributed by atoms with Gasteiger partial charge in [-0.3, -0.25) is 10.0 Å². The Balaban J connectivity index is 1.90. The van der Waals surface area contributed by atoms with Gasteiger partial charge in [0.25, 0.3) is 5.91 Å². The lowest BCUT2D eigenvalue weighted by molar-refractivity contribution is -0.124. The Morgan fingerprint density at radius 3 is 2.03 bits per heavy atom. The predicted molar refractivity (Wildman–Crippen MR) is 142 cm³/mol. The summed E-state index contributed by atoms with van der Waals surface area (Å²) in [5.41, 5.74) is 1.86. The zero-order valence-electron chi connectivity index (χ0n) is 21.8. The van der Waals surface area contributed by atoms with Crippen molar-refractivity contribution in [2.24, 2.45) is 0 Å². The highest BCUT2D eigenvalue weighted by Gasteiger charge is 2.18. The lowest BCUT2D eigenvalue weighted by atomic mass is 9.87. The first-order chi connectivity index (χ1) is 16.3. The Hall–Kier alpha value is -2.33. The number of para-hydroxylation sites is 1. The van der Waals surface area contributed by atoms with E-state index < -0.39 is 0 Å². The molecule has 0 aliphatic heterocycles. The van der Waals surface area contributed by atoms with Gasteiger partial charge < -0.3 is 4.74 Å². The third kappa shape index (κ3) is 10.3. The van der Waals surface area contributed by atoms with Crippen LogP contribution in [0.15, 0.2) is 54.6 Å². The molecular weight excluding hydrogens is 422 g/mol. The van der Waals surface area contributed by atoms with E-state index in [2.05, 4.69) is 39.8 Å². The zero-order valence-corrected chi connectivity index (χ0v) is 21.8. The largest absolute Gasteiger partial charge is 0.490 e. The third-order valence-corrected chi connectivity index (χ3v) is 6.32. The Kier molecular flexibility index (Phi) is 12.2. The average Bonchev–Trinajstić information content (AvgIpc) is 2.83. The fourth-order valence-electron chi connectivity index (χ4n) is 4.10. The summed E-state index contributed by atoms with van der Waals surface area (Å²) in [5.74, 6) is 0.535. The van der Waals surface area contributed by atoms with Gasteiger partial charge in [-0.25, -0.2) is 0 Å². The van der Waals surface area contributed by atoms with Crippen molar-refractivity contribution in [1.29, 1.82) is 0 Å². The molecule has 4 heteroatoms. The quantitative estimate of drug-likeness (QED) is 0.162. The van der Waals surface area contributed by atoms with Crippen molar-refractivity contribution in [3.05, 3.63) is 60.2 Å². The van der Waals surface area contributed by atoms with E-state index in [0.717, 1.165) is 23.7 Å². The van der Waals surface area contributed by atoms with Crippen molar-refractivity contribution >= 4 is 11.6 Å². The highest BCUT2D eigenvalue weighted by atomic mass is 16.5. The SMILES string of the molecule is CCCCCCCCCCC(CCC(=O)N(O)c1ccccc1)Oc1ccc(C(C)(C)C)cc1. The number of hydroxylamine groups is 1. The van der Waals surface area contributed by atoms with Crippen LogP contribution in [0.4, 0.5) is 5.69 Å². The van der Waals surface area contributed by atoms with Gasteiger partial charge in [0.15, 0.2) is 0 Å². The molecule has 0 saturated heterocycles. The van der Waals surface area contributed by atoms with Gasteiger partial charge in [-0.15, -0.1) is 0 Å². The zero-order chi connectivity index (χ0) is 24.8. The third-order valence-electron chi connectivity index (χ3n) is 6.32. The van der Waals surface area contributed by atoms with Crippen molar-refractivity contribution in [3.63, 3.8) is 0 Å². The fourth-order valence-corrected chi connectivity index (χ4v) is 4.10. The molecule has 0 radical (unpaired) electrons. The molecular formula is C30H45NO3. The molecule has 188 valence electrons. The minimum atomic E-state index is -0.307. The van der Waals surface area contributed by atoms with Gasteiger partial charge in [-0.1, -0.05) is 103 Å². The molecule has 1 unspecified atom stereocenters. The molecule has 0 aliphatic carbocycles. The van der Waals surface area contributed by atoms with Gasteiger partial charge in [-0.05, 0) is 54.5 Å². The second kappa shape index (κ2) is 14.8. The molecule has 0 bridgehead atoms. The summed E-state index contributed by atoms with van der Waals surface area (Å²) in [5, 5.41) is 11.0. The second-order valence-corrected chi connectivity index (χ2v) is 10.4. The van der Waals surface area contributed by atoms with Gasteiger partial charge in [0.05, 0.1) is 11.8 Å². The first-order valence-corrected chi connectivity index (χ1v) is 13.2. The van der Waals surface area contributed by atoms with E-state index in [1.165, 1.54) is 50.5 Å². The minimum absolute atomic E-state index is 0.0475. The maximum Gasteiger partial charge on any atom is 0.250 e. The van der Waals surface area contributed by atoms with Gasteiger partial charge >= 0.3 is 0 Å². The van der Waals surface area contributed by atoms with Crippen LogP contribution < -0.4 is 9.80 Å². The number of ether oxygens (including phenoxy) is 1. The minimum Gasteiger partial charge on any atom is -0.490 e. The molecule has 2 aromatic rings. The molecule has 0 heterocycles. The standard InChI is InChI=1S/C30H45NO3/c1-5-6-7-8-9-10-11-15-18-27(34-28-21-19-25(20-22-28)30(2,3)4)23-24-29(32)31(33)26-16-13-12-14-17-26/h12-14,16-17,19-22,27,33H,5-11,15,18,23-24H2,1-4H3. The molecule has 0 saturated carbocycles. The molecule has 1 atom stereocenters. The molecule has 0 aromatic heterocycles. The number of nitrogens with zero attached hydrogens (tertiary/aromatic N) is 1. The van der Waals surface area contributed by atoms with E-state index in [0.29, 0.717) is 12.1 Å². The summed E-state index contributed by atoms with van der Waals surface area (Å²) in [6.07, 6.45) is 11.8. The van der Waals surface area contributed by atoms with Crippen LogP contribution in [0.5, 0.6) is 5.75 Å². The maximum absolute atomic E-state index is 12.6. The molecule has 4 nitrogen and oxygen atoms in total. The van der Waals surface area contributed by atoms with Crippen molar-refractivity contribution < 1.29 is 14.7 Å². The van der Waals surface area contributed by atoms with E-state index in [9.17, 15) is 10.0 Å². The topological polar surface area (TPSA) is 49.8 Å². The van der Waals surface area contributed by atoms with E-state index in [-0.39, 0.29) is 23.8 Å². The van der Waals surface area contributed by atoms with Crippen LogP contribution in [0.3, 0.4) is 0 Å². The lowest BCUT2D eigenvalue weighted by Gasteiger charge is -2.22. The molecule has 0 fully saturated rings. The summed E-state index contributed by atoms with van der Waals surface area (Å²) in [4.78, 5) is 12.6. The van der Waals surface area contributed by atoms with Gasteiger partial charge in [0, 0.05) is 6.42 Å². The number of anilines is 1. The molecule has 2 aromatic carbocycles. The number of hydrogen-bond donors (Lipinski definition) is 1. The van der Waals surface area contributed by atoms with Crippen LogP contribution in [0.2, 0.25) is 0 Å². The second-order valence-electron chi connectivity index (χ2n) is 10.4. The summed E-state index contributed by atoms with van der Waals surface area (Å²) in [6, 6.07) is 17.2. The van der Waals surface area contributed by atoms with Gasteiger partial charge in [0.2, 0.25) is 0 Å². The summed E-state index contributed by atoms with van der Waals surface area (Å²) >= 11 is 0. The van der Waals surface area contributed by atoms with E-state index >= 15 is 0 Å². The highest BCUT2D eigenvalue weighted by molar-refractivity contribution is 5.90. The van der Waals surface area contributed by atoms with Crippen LogP contribution >= 0.6 is 0 Å². The molecule has 34 heavy (non-hydrogen) atoms. The Morgan fingerprint density at radius 1 is 0.853 bits per heavy atom. The Bertz CT molecular complexity index is 811. The Labute approximate surface area is 207 Å². The monoisotopic (exact) mass is 467 g/mol. The summed E-state index contributed by atoms with van der Waals surface area (Å²) in [7, 11) is 0. The number of amides is 1. The normalized spacial score (nSPS) is 12.4. The maximum atomic E-state index is 12.6. The van der Waals surface area contributed by atoms with Crippen molar-refractivity contribution in [2.45, 2.75) is 110 Å². The summed E-state index contributed by atoms with van der Waals surface area (Å²) in [6.45, 7) is 8.85. The van der Waals surface area contributed by atoms with E-state index in [1.54, 1.807) is 24.3 Å². The molecule has 0 spiro atoms. The first kappa shape index (κ1) is 27.9. The van der Waals surface area contributed by atoms with Crippen molar-refractivity contribution in [1.82, 2.24) is 0 Å². The number of unbranched alkanes of at least 4 members (excludes halogenated alkanes) is 7. The molecule has 0 aliphatic rings. The van der Waals surface area contributed by atoms with Gasteiger partial charge in [0.1, 0.15) is 5.75 Å². The van der Waals surface area contributed by atoms with Crippen LogP contribution in [0.25, 0.3) is 0 Å². The summed E-state index contributed by atoms with van der Waals surface area (Å²) < 4.78 is 6.33. The number of rotatable bonds is 15. The van der Waals surface area contributed by atoms with Gasteiger partial charge in [-0.2, -0.15) is 5.06 Å². The van der Waals surface area contributed by atoms with E-state index in [1.807, 2.05) is 18.2 Å². The van der Waals surface area contributed by atoms with Crippen LogP contribution in [-0.4, -0.2) is 17.2 Å². The highest BCUT2D eigenvalue weighted by Crippen LogP contribution is 2.26. The average molecular weight is 468 g/mol. The lowest BCUT2D eigenvalue weighted by Crippen LogP contribution is -2.28. The van der Waals surface area contributed by atoms with Crippen molar-refractivity contribution in [2.75, 3.05) is 5.06 Å².